The van der Waals surface area contributed by atoms with Crippen LogP contribution in [0.5, 0.6) is 0 Å². The molecule has 3 aromatic rings. The Morgan fingerprint density at radius 1 is 1.07 bits per heavy atom. The molecule has 0 aliphatic rings. The number of nitrogens with zero attached hydrogens (tertiary/aromatic N) is 2. The Bertz CT molecular complexity index is 771. The average Bonchev–Trinajstić information content (AvgIpc) is 3.09. The summed E-state index contributed by atoms with van der Waals surface area (Å²) in [6, 6.07) is 15.3. The number of imidazole rings is 1. The standard InChI is InChI=1S/C14H12N2.C7H17N.C2H7N/c1-10-9-15-14(16-10)13-8-4-6-11-5-2-3-7-12(11)13;1-5-6-8(4)7(2)3;1-3-2/h2-9H,1H3,(H,15,16);7H,5-6H2,1-4H3;3H,1-2H3. The fourth-order valence-corrected chi connectivity index (χ4v) is 2.59. The summed E-state index contributed by atoms with van der Waals surface area (Å²) in [5.41, 5.74) is 2.24. The molecule has 4 nitrogen and oxygen atoms in total. The van der Waals surface area contributed by atoms with Crippen molar-refractivity contribution in [1.29, 1.82) is 0 Å². The molecule has 1 heterocycles. The molecule has 0 aliphatic carbocycles. The maximum Gasteiger partial charge on any atom is 0.138 e. The fraction of sp³-hybridized carbons (Fsp3) is 0.435. The number of hydrogen-bond donors (Lipinski definition) is 2. The topological polar surface area (TPSA) is 44.0 Å². The minimum Gasteiger partial charge on any atom is -0.342 e. The number of hydrogen-bond acceptors (Lipinski definition) is 3. The van der Waals surface area contributed by atoms with E-state index >= 15 is 0 Å². The van der Waals surface area contributed by atoms with Gasteiger partial charge in [-0.3, -0.25) is 0 Å². The van der Waals surface area contributed by atoms with Crippen LogP contribution in [-0.2, 0) is 0 Å². The molecule has 2 N–H and O–H groups in total. The summed E-state index contributed by atoms with van der Waals surface area (Å²) < 4.78 is 0. The number of fused-ring (bicyclic) bond motifs is 1. The number of rotatable bonds is 4. The van der Waals surface area contributed by atoms with Crippen molar-refractivity contribution in [3.05, 3.63) is 54.4 Å². The van der Waals surface area contributed by atoms with Gasteiger partial charge in [-0.05, 0) is 65.7 Å². The molecule has 3 rings (SSSR count). The Kier molecular flexibility index (Phi) is 10.4. The fourth-order valence-electron chi connectivity index (χ4n) is 2.59. The van der Waals surface area contributed by atoms with Crippen molar-refractivity contribution in [2.45, 2.75) is 40.2 Å². The Hall–Kier alpha value is -2.17. The van der Waals surface area contributed by atoms with Crippen molar-refractivity contribution in [3.8, 4) is 11.4 Å². The highest BCUT2D eigenvalue weighted by Gasteiger charge is 2.05. The summed E-state index contributed by atoms with van der Waals surface area (Å²) in [5, 5.41) is 5.23. The van der Waals surface area contributed by atoms with E-state index in [1.54, 1.807) is 0 Å². The number of aromatic nitrogens is 2. The minimum atomic E-state index is 0.704. The van der Waals surface area contributed by atoms with Crippen LogP contribution in [0.25, 0.3) is 22.2 Å². The van der Waals surface area contributed by atoms with Crippen LogP contribution in [0.1, 0.15) is 32.9 Å². The third-order valence-corrected chi connectivity index (χ3v) is 4.21. The lowest BCUT2D eigenvalue weighted by atomic mass is 10.0. The van der Waals surface area contributed by atoms with E-state index in [9.17, 15) is 0 Å². The van der Waals surface area contributed by atoms with Crippen LogP contribution in [0.4, 0.5) is 0 Å². The van der Waals surface area contributed by atoms with Gasteiger partial charge in [0, 0.05) is 23.5 Å². The van der Waals surface area contributed by atoms with E-state index in [1.807, 2.05) is 27.2 Å². The second-order valence-electron chi connectivity index (χ2n) is 7.02. The van der Waals surface area contributed by atoms with Gasteiger partial charge >= 0.3 is 0 Å². The van der Waals surface area contributed by atoms with E-state index in [-0.39, 0.29) is 0 Å². The highest BCUT2D eigenvalue weighted by molar-refractivity contribution is 5.95. The predicted molar refractivity (Wildman–Crippen MR) is 119 cm³/mol. The molecular weight excluding hydrogens is 332 g/mol. The van der Waals surface area contributed by atoms with Crippen LogP contribution < -0.4 is 5.32 Å². The third kappa shape index (κ3) is 7.53. The zero-order valence-electron chi connectivity index (χ0n) is 18.0. The van der Waals surface area contributed by atoms with Crippen molar-refractivity contribution in [1.82, 2.24) is 20.2 Å². The van der Waals surface area contributed by atoms with Crippen molar-refractivity contribution in [2.24, 2.45) is 0 Å². The van der Waals surface area contributed by atoms with Gasteiger partial charge in [0.25, 0.3) is 0 Å². The summed E-state index contributed by atoms with van der Waals surface area (Å²) >= 11 is 0. The van der Waals surface area contributed by atoms with Gasteiger partial charge in [-0.15, -0.1) is 0 Å². The van der Waals surface area contributed by atoms with E-state index in [0.29, 0.717) is 6.04 Å². The van der Waals surface area contributed by atoms with Gasteiger partial charge in [0.15, 0.2) is 0 Å². The maximum atomic E-state index is 4.38. The molecule has 27 heavy (non-hydrogen) atoms. The van der Waals surface area contributed by atoms with Gasteiger partial charge in [0.2, 0.25) is 0 Å². The first-order chi connectivity index (χ1) is 12.9. The molecule has 0 saturated heterocycles. The number of aromatic amines is 1. The van der Waals surface area contributed by atoms with Crippen molar-refractivity contribution in [2.75, 3.05) is 27.7 Å². The Morgan fingerprint density at radius 2 is 1.70 bits per heavy atom. The van der Waals surface area contributed by atoms with E-state index in [2.05, 4.69) is 90.5 Å². The molecule has 0 radical (unpaired) electrons. The van der Waals surface area contributed by atoms with Crippen LogP contribution in [-0.4, -0.2) is 48.6 Å². The lowest BCUT2D eigenvalue weighted by molar-refractivity contribution is 0.275. The molecule has 0 spiro atoms. The second-order valence-corrected chi connectivity index (χ2v) is 7.02. The SMILES string of the molecule is CCCN(C)C(C)C.CNC.Cc1cnc(-c2cccc3ccccc23)[nH]1. The van der Waals surface area contributed by atoms with Crippen LogP contribution in [0.15, 0.2) is 48.7 Å². The van der Waals surface area contributed by atoms with Gasteiger partial charge in [-0.25, -0.2) is 4.98 Å². The monoisotopic (exact) mass is 368 g/mol. The molecule has 0 aliphatic heterocycles. The number of nitrogens with one attached hydrogen (secondary N) is 2. The van der Waals surface area contributed by atoms with E-state index in [4.69, 9.17) is 0 Å². The zero-order valence-corrected chi connectivity index (χ0v) is 18.0. The molecule has 0 fully saturated rings. The van der Waals surface area contributed by atoms with Gasteiger partial charge in [0.05, 0.1) is 0 Å². The van der Waals surface area contributed by atoms with Gasteiger partial charge in [0.1, 0.15) is 5.82 Å². The lowest BCUT2D eigenvalue weighted by Crippen LogP contribution is -2.26. The van der Waals surface area contributed by atoms with Gasteiger partial charge in [-0.2, -0.15) is 0 Å². The van der Waals surface area contributed by atoms with Gasteiger partial charge < -0.3 is 15.2 Å². The number of aryl methyl sites for hydroxylation is 1. The molecule has 2 aromatic carbocycles. The van der Waals surface area contributed by atoms with Crippen LogP contribution >= 0.6 is 0 Å². The Labute approximate surface area is 165 Å². The highest BCUT2D eigenvalue weighted by Crippen LogP contribution is 2.26. The molecule has 1 aromatic heterocycles. The number of benzene rings is 2. The molecule has 0 unspecified atom stereocenters. The molecule has 0 amide bonds. The first-order valence-corrected chi connectivity index (χ1v) is 9.73. The molecular formula is C23H36N4. The second kappa shape index (κ2) is 12.3. The zero-order chi connectivity index (χ0) is 20.2. The van der Waals surface area contributed by atoms with Crippen molar-refractivity contribution < 1.29 is 0 Å². The first kappa shape index (κ1) is 22.9. The van der Waals surface area contributed by atoms with E-state index in [1.165, 1.54) is 23.7 Å². The van der Waals surface area contributed by atoms with E-state index < -0.39 is 0 Å². The normalized spacial score (nSPS) is 10.4. The summed E-state index contributed by atoms with van der Waals surface area (Å²) in [4.78, 5) is 10.0. The minimum absolute atomic E-state index is 0.704. The molecule has 0 atom stereocenters. The Balaban J connectivity index is 0.000000282. The quantitative estimate of drug-likeness (QED) is 0.672. The van der Waals surface area contributed by atoms with Crippen LogP contribution in [0.3, 0.4) is 0 Å². The maximum absolute atomic E-state index is 4.38. The smallest absolute Gasteiger partial charge is 0.138 e. The third-order valence-electron chi connectivity index (χ3n) is 4.21. The number of H-pyrrole nitrogens is 1. The summed E-state index contributed by atoms with van der Waals surface area (Å²) in [7, 11) is 5.91. The van der Waals surface area contributed by atoms with Gasteiger partial charge in [-0.1, -0.05) is 49.4 Å². The van der Waals surface area contributed by atoms with Crippen LogP contribution in [0.2, 0.25) is 0 Å². The largest absolute Gasteiger partial charge is 0.342 e. The Morgan fingerprint density at radius 3 is 2.22 bits per heavy atom. The highest BCUT2D eigenvalue weighted by atomic mass is 15.1. The molecule has 4 heteroatoms. The predicted octanol–water partition coefficient (Wildman–Crippen LogP) is 5.11. The molecule has 0 bridgehead atoms. The summed E-state index contributed by atoms with van der Waals surface area (Å²) in [6.07, 6.45) is 3.12. The average molecular weight is 369 g/mol. The van der Waals surface area contributed by atoms with Crippen molar-refractivity contribution >= 4 is 10.8 Å². The molecule has 0 saturated carbocycles. The van der Waals surface area contributed by atoms with E-state index in [0.717, 1.165) is 17.1 Å². The lowest BCUT2D eigenvalue weighted by Gasteiger charge is -2.19. The first-order valence-electron chi connectivity index (χ1n) is 9.73. The van der Waals surface area contributed by atoms with Crippen LogP contribution in [0, 0.1) is 6.92 Å². The summed E-state index contributed by atoms with van der Waals surface area (Å²) in [6.45, 7) is 9.88. The molecule has 148 valence electrons. The summed E-state index contributed by atoms with van der Waals surface area (Å²) in [5.74, 6) is 0.939. The van der Waals surface area contributed by atoms with Crippen molar-refractivity contribution in [3.63, 3.8) is 0 Å².